The number of aromatic nitrogens is 2. The Labute approximate surface area is 137 Å². The Kier molecular flexibility index (Phi) is 4.56. The van der Waals surface area contributed by atoms with E-state index in [1.54, 1.807) is 6.20 Å². The van der Waals surface area contributed by atoms with E-state index in [0.29, 0.717) is 11.6 Å². The number of pyridine rings is 1. The van der Waals surface area contributed by atoms with E-state index in [1.165, 1.54) is 30.4 Å². The van der Waals surface area contributed by atoms with Crippen molar-refractivity contribution in [3.8, 4) is 11.1 Å². The van der Waals surface area contributed by atoms with E-state index in [-0.39, 0.29) is 0 Å². The van der Waals surface area contributed by atoms with E-state index in [4.69, 9.17) is 0 Å². The third kappa shape index (κ3) is 3.19. The Morgan fingerprint density at radius 3 is 2.43 bits per heavy atom. The van der Waals surface area contributed by atoms with E-state index in [9.17, 15) is 4.79 Å². The lowest BCUT2D eigenvalue weighted by atomic mass is 9.91. The number of fused-ring (bicyclic) bond motifs is 1. The van der Waals surface area contributed by atoms with E-state index in [0.717, 1.165) is 17.5 Å². The topological polar surface area (TPSA) is 34.4 Å². The van der Waals surface area contributed by atoms with E-state index in [2.05, 4.69) is 49.2 Å². The lowest BCUT2D eigenvalue weighted by Crippen LogP contribution is -1.96. The normalized spacial score (nSPS) is 12.4. The first-order valence-electron chi connectivity index (χ1n) is 8.29. The predicted molar refractivity (Wildman–Crippen MR) is 94.0 cm³/mol. The van der Waals surface area contributed by atoms with Crippen molar-refractivity contribution in [2.75, 3.05) is 0 Å². The minimum atomic E-state index is 0.461. The van der Waals surface area contributed by atoms with Crippen molar-refractivity contribution in [2.24, 2.45) is 0 Å². The molecule has 118 valence electrons. The van der Waals surface area contributed by atoms with Gasteiger partial charge in [0.1, 0.15) is 11.3 Å². The highest BCUT2D eigenvalue weighted by atomic mass is 16.1. The second kappa shape index (κ2) is 6.78. The average molecular weight is 306 g/mol. The molecule has 0 aliphatic carbocycles. The molecule has 3 aromatic rings. The van der Waals surface area contributed by atoms with Gasteiger partial charge in [-0.15, -0.1) is 0 Å². The number of carbonyl (C=O) groups excluding carboxylic acids is 1. The minimum absolute atomic E-state index is 0.461. The number of hydrogen-bond acceptors (Lipinski definition) is 2. The number of carbonyl (C=O) groups is 1. The van der Waals surface area contributed by atoms with Crippen molar-refractivity contribution >= 4 is 11.9 Å². The number of aldehydes is 1. The number of benzene rings is 1. The zero-order valence-electron chi connectivity index (χ0n) is 13.7. The maximum Gasteiger partial charge on any atom is 0.170 e. The summed E-state index contributed by atoms with van der Waals surface area (Å²) >= 11 is 0. The molecule has 0 fully saturated rings. The number of nitrogens with zero attached hydrogens (tertiary/aromatic N) is 2. The molecule has 3 heteroatoms. The lowest BCUT2D eigenvalue weighted by Gasteiger charge is -2.14. The van der Waals surface area contributed by atoms with Gasteiger partial charge in [0.15, 0.2) is 6.29 Å². The third-order valence-electron chi connectivity index (χ3n) is 4.44. The molecular weight excluding hydrogens is 284 g/mol. The molecule has 3 rings (SSSR count). The highest BCUT2D eigenvalue weighted by Gasteiger charge is 2.09. The standard InChI is InChI=1S/C20H22N2O/c1-3-5-15(4-2)16-6-8-17(9-7-16)18-10-11-20-21-19(14-23)13-22(20)12-18/h6-15H,3-5H2,1-2H3/t15-/m0/s1. The summed E-state index contributed by atoms with van der Waals surface area (Å²) in [6.45, 7) is 4.50. The maximum absolute atomic E-state index is 10.8. The predicted octanol–water partition coefficient (Wildman–Crippen LogP) is 5.11. The molecule has 1 aromatic carbocycles. The van der Waals surface area contributed by atoms with Crippen LogP contribution in [0, 0.1) is 0 Å². The molecular formula is C20H22N2O. The van der Waals surface area contributed by atoms with Crippen LogP contribution < -0.4 is 0 Å². The minimum Gasteiger partial charge on any atom is -0.306 e. The van der Waals surface area contributed by atoms with Crippen molar-refractivity contribution < 1.29 is 4.79 Å². The largest absolute Gasteiger partial charge is 0.306 e. The van der Waals surface area contributed by atoms with Crippen LogP contribution in [0.2, 0.25) is 0 Å². The van der Waals surface area contributed by atoms with Crippen molar-refractivity contribution in [2.45, 2.75) is 39.0 Å². The monoisotopic (exact) mass is 306 g/mol. The van der Waals surface area contributed by atoms with Gasteiger partial charge in [-0.3, -0.25) is 4.79 Å². The third-order valence-corrected chi connectivity index (χ3v) is 4.44. The highest BCUT2D eigenvalue weighted by molar-refractivity contribution is 5.74. The Bertz CT molecular complexity index is 802. The van der Waals surface area contributed by atoms with Crippen LogP contribution in [0.4, 0.5) is 0 Å². The second-order valence-electron chi connectivity index (χ2n) is 5.98. The van der Waals surface area contributed by atoms with Crippen LogP contribution >= 0.6 is 0 Å². The van der Waals surface area contributed by atoms with Crippen LogP contribution in [-0.2, 0) is 0 Å². The summed E-state index contributed by atoms with van der Waals surface area (Å²) in [4.78, 5) is 15.1. The van der Waals surface area contributed by atoms with Crippen LogP contribution in [-0.4, -0.2) is 15.7 Å². The van der Waals surface area contributed by atoms with Crippen LogP contribution in [0.3, 0.4) is 0 Å². The maximum atomic E-state index is 10.8. The quantitative estimate of drug-likeness (QED) is 0.593. The van der Waals surface area contributed by atoms with Gasteiger partial charge >= 0.3 is 0 Å². The summed E-state index contributed by atoms with van der Waals surface area (Å²) in [6, 6.07) is 12.9. The Morgan fingerprint density at radius 2 is 1.78 bits per heavy atom. The van der Waals surface area contributed by atoms with Gasteiger partial charge in [0.05, 0.1) is 0 Å². The van der Waals surface area contributed by atoms with Gasteiger partial charge in [0, 0.05) is 12.4 Å². The second-order valence-corrected chi connectivity index (χ2v) is 5.98. The molecule has 0 unspecified atom stereocenters. The molecule has 3 nitrogen and oxygen atoms in total. The smallest absolute Gasteiger partial charge is 0.170 e. The molecule has 0 saturated heterocycles. The Balaban J connectivity index is 1.90. The first kappa shape index (κ1) is 15.5. The van der Waals surface area contributed by atoms with Gasteiger partial charge in [0.2, 0.25) is 0 Å². The zero-order valence-corrected chi connectivity index (χ0v) is 13.7. The summed E-state index contributed by atoms with van der Waals surface area (Å²) < 4.78 is 1.90. The van der Waals surface area contributed by atoms with Gasteiger partial charge < -0.3 is 4.40 Å². The van der Waals surface area contributed by atoms with Crippen LogP contribution in [0.15, 0.2) is 48.8 Å². The van der Waals surface area contributed by atoms with Gasteiger partial charge in [-0.05, 0) is 47.6 Å². The molecule has 0 aliphatic heterocycles. The average Bonchev–Trinajstić information content (AvgIpc) is 3.02. The molecule has 0 saturated carbocycles. The summed E-state index contributed by atoms with van der Waals surface area (Å²) in [5.41, 5.74) is 4.99. The Hall–Kier alpha value is -2.42. The van der Waals surface area contributed by atoms with Crippen LogP contribution in [0.25, 0.3) is 16.8 Å². The summed E-state index contributed by atoms with van der Waals surface area (Å²) in [6.07, 6.45) is 8.20. The van der Waals surface area contributed by atoms with Crippen LogP contribution in [0.1, 0.15) is 55.1 Å². The SMILES string of the molecule is CCC[C@H](CC)c1ccc(-c2ccc3nc(C=O)cn3c2)cc1. The first-order chi connectivity index (χ1) is 11.2. The number of hydrogen-bond donors (Lipinski definition) is 0. The fourth-order valence-corrected chi connectivity index (χ4v) is 3.14. The Morgan fingerprint density at radius 1 is 1.04 bits per heavy atom. The van der Waals surface area contributed by atoms with Gasteiger partial charge in [0.25, 0.3) is 0 Å². The molecule has 0 radical (unpaired) electrons. The fourth-order valence-electron chi connectivity index (χ4n) is 3.14. The van der Waals surface area contributed by atoms with Gasteiger partial charge in [-0.1, -0.05) is 44.5 Å². The zero-order chi connectivity index (χ0) is 16.2. The lowest BCUT2D eigenvalue weighted by molar-refractivity contribution is 0.111. The number of rotatable bonds is 6. The van der Waals surface area contributed by atoms with Gasteiger partial charge in [-0.25, -0.2) is 4.98 Å². The molecule has 2 heterocycles. The van der Waals surface area contributed by atoms with Crippen molar-refractivity contribution in [1.82, 2.24) is 9.38 Å². The van der Waals surface area contributed by atoms with Crippen LogP contribution in [0.5, 0.6) is 0 Å². The molecule has 0 N–H and O–H groups in total. The van der Waals surface area contributed by atoms with Gasteiger partial charge in [-0.2, -0.15) is 0 Å². The molecule has 0 aliphatic rings. The molecule has 0 bridgehead atoms. The number of imidazole rings is 1. The van der Waals surface area contributed by atoms with E-state index in [1.807, 2.05) is 16.7 Å². The summed E-state index contributed by atoms with van der Waals surface area (Å²) in [5.74, 6) is 0.653. The highest BCUT2D eigenvalue weighted by Crippen LogP contribution is 2.27. The first-order valence-corrected chi connectivity index (χ1v) is 8.29. The van der Waals surface area contributed by atoms with Crippen molar-refractivity contribution in [3.05, 3.63) is 60.0 Å². The van der Waals surface area contributed by atoms with Crippen molar-refractivity contribution in [3.63, 3.8) is 0 Å². The summed E-state index contributed by atoms with van der Waals surface area (Å²) in [7, 11) is 0. The fraction of sp³-hybridized carbons (Fsp3) is 0.300. The van der Waals surface area contributed by atoms with Crippen molar-refractivity contribution in [1.29, 1.82) is 0 Å². The molecule has 1 atom stereocenters. The molecule has 0 spiro atoms. The molecule has 2 aromatic heterocycles. The van der Waals surface area contributed by atoms with E-state index < -0.39 is 0 Å². The molecule has 0 amide bonds. The van der Waals surface area contributed by atoms with E-state index >= 15 is 0 Å². The molecule has 23 heavy (non-hydrogen) atoms. The summed E-state index contributed by atoms with van der Waals surface area (Å²) in [5, 5.41) is 0.